The third-order valence-corrected chi connectivity index (χ3v) is 10.4. The molecule has 4 heteroatoms. The van der Waals surface area contributed by atoms with Crippen LogP contribution in [0, 0.1) is 40.4 Å². The number of aromatic amines is 1. The number of hydrogen-bond acceptors (Lipinski definition) is 3. The third kappa shape index (κ3) is 2.38. The van der Waals surface area contributed by atoms with Crippen LogP contribution in [0.2, 0.25) is 0 Å². The van der Waals surface area contributed by atoms with Crippen LogP contribution in [-0.2, 0) is 22.3 Å². The molecule has 4 aliphatic carbocycles. The minimum absolute atomic E-state index is 0.189. The highest BCUT2D eigenvalue weighted by molar-refractivity contribution is 5.28. The third-order valence-electron chi connectivity index (χ3n) is 10.4. The molecular weight excluding hydrogens is 372 g/mol. The lowest BCUT2D eigenvalue weighted by molar-refractivity contribution is -0.170. The molecule has 1 aromatic rings. The lowest BCUT2D eigenvalue weighted by Gasteiger charge is -2.62. The first-order valence-corrected chi connectivity index (χ1v) is 12.2. The lowest BCUT2D eigenvalue weighted by atomic mass is 9.43. The quantitative estimate of drug-likeness (QED) is 0.639. The Kier molecular flexibility index (Phi) is 3.92. The van der Waals surface area contributed by atoms with Crippen LogP contribution >= 0.6 is 0 Å². The van der Waals surface area contributed by atoms with Crippen molar-refractivity contribution >= 4 is 0 Å². The van der Waals surface area contributed by atoms with Gasteiger partial charge in [0.15, 0.2) is 5.79 Å². The first-order valence-electron chi connectivity index (χ1n) is 12.2. The normalized spacial score (nSPS) is 50.8. The highest BCUT2D eigenvalue weighted by atomic mass is 16.8. The zero-order chi connectivity index (χ0) is 21.1. The van der Waals surface area contributed by atoms with Gasteiger partial charge in [0.05, 0.1) is 18.4 Å². The Morgan fingerprint density at radius 3 is 2.53 bits per heavy atom. The average Bonchev–Trinajstić information content (AvgIpc) is 3.33. The zero-order valence-electron chi connectivity index (χ0n) is 19.3. The molecule has 3 saturated carbocycles. The van der Waals surface area contributed by atoms with Crippen LogP contribution in [0.15, 0.2) is 18.3 Å². The van der Waals surface area contributed by atoms with Crippen molar-refractivity contribution in [3.8, 4) is 0 Å². The van der Waals surface area contributed by atoms with Crippen molar-refractivity contribution in [3.05, 3.63) is 29.6 Å². The first-order chi connectivity index (χ1) is 14.1. The van der Waals surface area contributed by atoms with Crippen LogP contribution in [0.4, 0.5) is 0 Å². The molecular formula is C26H38N2O2. The van der Waals surface area contributed by atoms with Gasteiger partial charge in [-0.05, 0) is 105 Å². The summed E-state index contributed by atoms with van der Waals surface area (Å²) in [6, 6.07) is 0. The first kappa shape index (κ1) is 19.5. The summed E-state index contributed by atoms with van der Waals surface area (Å²) in [5.74, 6) is 2.68. The second-order valence-electron chi connectivity index (χ2n) is 12.2. The molecule has 0 aromatic carbocycles. The average molecular weight is 411 g/mol. The van der Waals surface area contributed by atoms with Gasteiger partial charge in [0.25, 0.3) is 0 Å². The lowest BCUT2D eigenvalue weighted by Crippen LogP contribution is -2.63. The molecule has 2 heterocycles. The number of aromatic nitrogens is 2. The summed E-state index contributed by atoms with van der Waals surface area (Å²) in [7, 11) is 0. The van der Waals surface area contributed by atoms with Crippen molar-refractivity contribution in [1.29, 1.82) is 0 Å². The van der Waals surface area contributed by atoms with Crippen molar-refractivity contribution in [2.24, 2.45) is 40.4 Å². The molecule has 4 fully saturated rings. The van der Waals surface area contributed by atoms with E-state index in [0.29, 0.717) is 35.0 Å². The summed E-state index contributed by atoms with van der Waals surface area (Å²) in [4.78, 5) is 0. The number of nitrogens with zero attached hydrogens (tertiary/aromatic N) is 1. The van der Waals surface area contributed by atoms with E-state index in [9.17, 15) is 0 Å². The Morgan fingerprint density at radius 2 is 1.77 bits per heavy atom. The molecule has 164 valence electrons. The van der Waals surface area contributed by atoms with Crippen molar-refractivity contribution in [1.82, 2.24) is 10.2 Å². The molecule has 1 saturated heterocycles. The molecule has 1 aromatic heterocycles. The molecule has 0 spiro atoms. The van der Waals surface area contributed by atoms with E-state index >= 15 is 0 Å². The van der Waals surface area contributed by atoms with Crippen molar-refractivity contribution < 1.29 is 9.47 Å². The van der Waals surface area contributed by atoms with Gasteiger partial charge in [0.2, 0.25) is 0 Å². The number of rotatable bonds is 1. The van der Waals surface area contributed by atoms with Gasteiger partial charge in [-0.2, -0.15) is 5.10 Å². The van der Waals surface area contributed by atoms with Gasteiger partial charge in [0, 0.05) is 5.69 Å². The van der Waals surface area contributed by atoms with Gasteiger partial charge in [-0.25, -0.2) is 0 Å². The van der Waals surface area contributed by atoms with Crippen LogP contribution in [0.3, 0.4) is 0 Å². The van der Waals surface area contributed by atoms with E-state index in [1.807, 2.05) is 0 Å². The van der Waals surface area contributed by atoms with E-state index in [-0.39, 0.29) is 17.6 Å². The Balaban J connectivity index is 1.46. The Hall–Kier alpha value is -1.13. The summed E-state index contributed by atoms with van der Waals surface area (Å²) >= 11 is 0. The molecule has 0 radical (unpaired) electrons. The fourth-order valence-electron chi connectivity index (χ4n) is 9.22. The molecule has 30 heavy (non-hydrogen) atoms. The molecule has 0 unspecified atom stereocenters. The number of H-pyrrole nitrogens is 1. The Bertz CT molecular complexity index is 889. The van der Waals surface area contributed by atoms with Gasteiger partial charge in [-0.3, -0.25) is 5.10 Å². The summed E-state index contributed by atoms with van der Waals surface area (Å²) < 4.78 is 13.5. The smallest absolute Gasteiger partial charge is 0.163 e. The Morgan fingerprint density at radius 1 is 1.03 bits per heavy atom. The minimum Gasteiger partial charge on any atom is -0.344 e. The molecule has 1 N–H and O–H groups in total. The molecule has 6 rings (SSSR count). The van der Waals surface area contributed by atoms with Crippen LogP contribution in [0.1, 0.15) is 71.6 Å². The fourth-order valence-corrected chi connectivity index (χ4v) is 9.22. The van der Waals surface area contributed by atoms with Gasteiger partial charge < -0.3 is 9.47 Å². The van der Waals surface area contributed by atoms with Gasteiger partial charge in [-0.15, -0.1) is 0 Å². The van der Waals surface area contributed by atoms with E-state index < -0.39 is 5.79 Å². The van der Waals surface area contributed by atoms with Gasteiger partial charge in [-0.1, -0.05) is 26.0 Å². The van der Waals surface area contributed by atoms with Crippen LogP contribution in [-0.4, -0.2) is 28.2 Å². The maximum absolute atomic E-state index is 6.76. The summed E-state index contributed by atoms with van der Waals surface area (Å²) in [5.41, 5.74) is 4.77. The van der Waals surface area contributed by atoms with Crippen molar-refractivity contribution in [2.75, 3.05) is 0 Å². The van der Waals surface area contributed by atoms with Gasteiger partial charge >= 0.3 is 0 Å². The maximum atomic E-state index is 6.76. The number of nitrogens with one attached hydrogen (secondary N) is 1. The topological polar surface area (TPSA) is 47.1 Å². The number of hydrogen-bond donors (Lipinski definition) is 1. The van der Waals surface area contributed by atoms with Crippen molar-refractivity contribution in [2.45, 2.75) is 91.1 Å². The highest BCUT2D eigenvalue weighted by Crippen LogP contribution is 2.69. The number of allylic oxidation sites excluding steroid dienone is 1. The van der Waals surface area contributed by atoms with Crippen LogP contribution < -0.4 is 0 Å². The second kappa shape index (κ2) is 6.01. The van der Waals surface area contributed by atoms with E-state index in [0.717, 1.165) is 12.8 Å². The van der Waals surface area contributed by atoms with Gasteiger partial charge in [0.1, 0.15) is 0 Å². The second-order valence-corrected chi connectivity index (χ2v) is 12.2. The summed E-state index contributed by atoms with van der Waals surface area (Å²) in [5, 5.41) is 7.68. The predicted octanol–water partition coefficient (Wildman–Crippen LogP) is 5.30. The molecule has 0 amide bonds. The van der Waals surface area contributed by atoms with Crippen LogP contribution in [0.25, 0.3) is 0 Å². The maximum Gasteiger partial charge on any atom is 0.163 e. The largest absolute Gasteiger partial charge is 0.344 e. The van der Waals surface area contributed by atoms with Crippen LogP contribution in [0.5, 0.6) is 0 Å². The molecule has 4 nitrogen and oxygen atoms in total. The standard InChI is InChI=1S/C26H38N2O2/c1-14(2)16-7-8-17-21-18(9-10-25(16,17)5)26(6)12-15-13-27-28-20(15)11-19(26)22-23(21)30-24(3,4)29-22/h13,16-19,21-23H,1,7-12H2,2-6H3,(H,27,28)/t16-,17+,18+,19-,21+,22-,23-,25-,26-/m1/s1. The van der Waals surface area contributed by atoms with E-state index in [1.54, 1.807) is 0 Å². The molecule has 9 atom stereocenters. The number of ether oxygens (including phenoxy) is 2. The minimum atomic E-state index is -0.487. The fraction of sp³-hybridized carbons (Fsp3) is 0.808. The molecule has 1 aliphatic heterocycles. The van der Waals surface area contributed by atoms with Crippen molar-refractivity contribution in [3.63, 3.8) is 0 Å². The van der Waals surface area contributed by atoms with E-state index in [2.05, 4.69) is 57.6 Å². The highest BCUT2D eigenvalue weighted by Gasteiger charge is 2.68. The zero-order valence-corrected chi connectivity index (χ0v) is 19.3. The van der Waals surface area contributed by atoms with E-state index in [4.69, 9.17) is 9.47 Å². The summed E-state index contributed by atoms with van der Waals surface area (Å²) in [6.45, 7) is 16.0. The molecule has 0 bridgehead atoms. The predicted molar refractivity (Wildman–Crippen MR) is 117 cm³/mol. The SMILES string of the molecule is C=C(C)[C@H]1CC[C@H]2[C@@H]3[C@H]4OC(C)(C)O[C@@H]4[C@H]4Cc5[nH]ncc5C[C@]4(C)[C@H]3CC[C@]12C. The molecule has 5 aliphatic rings. The number of fused-ring (bicyclic) bond motifs is 9. The van der Waals surface area contributed by atoms with E-state index in [1.165, 1.54) is 42.5 Å². The Labute approximate surface area is 181 Å². The monoisotopic (exact) mass is 410 g/mol. The summed E-state index contributed by atoms with van der Waals surface area (Å²) in [6.07, 6.45) is 9.93.